The molecule has 5 rings (SSSR count). The van der Waals surface area contributed by atoms with Crippen LogP contribution in [0, 0.1) is 0 Å². The Bertz CT molecular complexity index is 1270. The van der Waals surface area contributed by atoms with Crippen LogP contribution in [0.5, 0.6) is 0 Å². The predicted molar refractivity (Wildman–Crippen MR) is 138 cm³/mol. The molecule has 1 saturated heterocycles. The number of hydrogen-bond donors (Lipinski definition) is 1. The smallest absolute Gasteiger partial charge is 0.253 e. The molecule has 1 fully saturated rings. The molecule has 1 aliphatic rings. The number of anilines is 2. The predicted octanol–water partition coefficient (Wildman–Crippen LogP) is 4.89. The highest BCUT2D eigenvalue weighted by Crippen LogP contribution is 2.22. The minimum Gasteiger partial charge on any atom is -0.336 e. The van der Waals surface area contributed by atoms with Gasteiger partial charge in [0.15, 0.2) is 0 Å². The molecule has 2 aromatic heterocycles. The molecule has 0 bridgehead atoms. The molecular weight excluding hydrogens is 460 g/mol. The Morgan fingerprint density at radius 3 is 2.40 bits per heavy atom. The van der Waals surface area contributed by atoms with Crippen LogP contribution < -0.4 is 5.32 Å². The molecule has 4 aromatic rings. The highest BCUT2D eigenvalue weighted by Gasteiger charge is 2.22. The van der Waals surface area contributed by atoms with E-state index in [1.807, 2.05) is 71.8 Å². The Labute approximate surface area is 209 Å². The Hall–Kier alpha value is -3.81. The van der Waals surface area contributed by atoms with Gasteiger partial charge in [0, 0.05) is 73.2 Å². The summed E-state index contributed by atoms with van der Waals surface area (Å²) in [5.41, 5.74) is 4.44. The van der Waals surface area contributed by atoms with Crippen molar-refractivity contribution in [3.63, 3.8) is 0 Å². The van der Waals surface area contributed by atoms with E-state index in [-0.39, 0.29) is 5.91 Å². The lowest BCUT2D eigenvalue weighted by Gasteiger charge is -2.34. The van der Waals surface area contributed by atoms with Gasteiger partial charge in [0.1, 0.15) is 0 Å². The van der Waals surface area contributed by atoms with E-state index < -0.39 is 0 Å². The molecule has 1 amide bonds. The van der Waals surface area contributed by atoms with Gasteiger partial charge in [-0.3, -0.25) is 14.7 Å². The zero-order valence-electron chi connectivity index (χ0n) is 19.1. The lowest BCUT2D eigenvalue weighted by Crippen LogP contribution is -2.48. The van der Waals surface area contributed by atoms with E-state index in [1.165, 1.54) is 5.56 Å². The van der Waals surface area contributed by atoms with E-state index in [4.69, 9.17) is 11.6 Å². The first kappa shape index (κ1) is 23.0. The van der Waals surface area contributed by atoms with Crippen molar-refractivity contribution in [1.82, 2.24) is 24.8 Å². The number of piperazine rings is 1. The van der Waals surface area contributed by atoms with Crippen molar-refractivity contribution >= 4 is 29.1 Å². The topological polar surface area (TPSA) is 74.2 Å². The summed E-state index contributed by atoms with van der Waals surface area (Å²) in [7, 11) is 0. The Morgan fingerprint density at radius 1 is 0.914 bits per heavy atom. The Kier molecular flexibility index (Phi) is 6.97. The highest BCUT2D eigenvalue weighted by atomic mass is 35.5. The largest absolute Gasteiger partial charge is 0.336 e. The Balaban J connectivity index is 1.18. The van der Waals surface area contributed by atoms with E-state index in [2.05, 4.69) is 31.2 Å². The van der Waals surface area contributed by atoms with Gasteiger partial charge < -0.3 is 10.2 Å². The van der Waals surface area contributed by atoms with Gasteiger partial charge in [-0.15, -0.1) is 0 Å². The first-order valence-corrected chi connectivity index (χ1v) is 11.9. The molecule has 0 aliphatic carbocycles. The Morgan fingerprint density at radius 2 is 1.69 bits per heavy atom. The van der Waals surface area contributed by atoms with Crippen molar-refractivity contribution in [2.45, 2.75) is 6.54 Å². The van der Waals surface area contributed by atoms with Crippen LogP contribution in [0.25, 0.3) is 11.3 Å². The second-order valence-electron chi connectivity index (χ2n) is 8.40. The van der Waals surface area contributed by atoms with Gasteiger partial charge in [0.05, 0.1) is 5.69 Å². The first-order chi connectivity index (χ1) is 17.1. The van der Waals surface area contributed by atoms with Gasteiger partial charge in [-0.05, 0) is 54.1 Å². The minimum atomic E-state index is 0.0542. The van der Waals surface area contributed by atoms with Crippen molar-refractivity contribution in [3.05, 3.63) is 101 Å². The number of benzene rings is 2. The molecule has 176 valence electrons. The van der Waals surface area contributed by atoms with E-state index >= 15 is 0 Å². The summed E-state index contributed by atoms with van der Waals surface area (Å²) in [5, 5.41) is 3.90. The molecule has 1 aliphatic heterocycles. The van der Waals surface area contributed by atoms with Crippen LogP contribution in [-0.4, -0.2) is 56.8 Å². The molecular formula is C27H25ClN6O. The maximum Gasteiger partial charge on any atom is 0.253 e. The van der Waals surface area contributed by atoms with Gasteiger partial charge in [-0.25, -0.2) is 9.97 Å². The summed E-state index contributed by atoms with van der Waals surface area (Å²) in [5.74, 6) is 0.542. The van der Waals surface area contributed by atoms with Gasteiger partial charge in [0.25, 0.3) is 5.91 Å². The quantitative estimate of drug-likeness (QED) is 0.420. The first-order valence-electron chi connectivity index (χ1n) is 11.5. The van der Waals surface area contributed by atoms with E-state index in [9.17, 15) is 4.79 Å². The summed E-state index contributed by atoms with van der Waals surface area (Å²) in [6.45, 7) is 3.98. The van der Waals surface area contributed by atoms with Crippen molar-refractivity contribution in [1.29, 1.82) is 0 Å². The molecule has 0 radical (unpaired) electrons. The fourth-order valence-corrected chi connectivity index (χ4v) is 4.19. The molecule has 0 unspecified atom stereocenters. The third-order valence-corrected chi connectivity index (χ3v) is 6.22. The van der Waals surface area contributed by atoms with E-state index in [0.717, 1.165) is 36.6 Å². The zero-order valence-corrected chi connectivity index (χ0v) is 19.9. The number of carbonyl (C=O) groups excluding carboxylic acids is 1. The average Bonchev–Trinajstić information content (AvgIpc) is 2.90. The van der Waals surface area contributed by atoms with Crippen LogP contribution >= 0.6 is 11.6 Å². The van der Waals surface area contributed by atoms with Crippen molar-refractivity contribution < 1.29 is 4.79 Å². The molecule has 1 N–H and O–H groups in total. The van der Waals surface area contributed by atoms with E-state index in [0.29, 0.717) is 29.6 Å². The number of rotatable bonds is 6. The molecule has 0 saturated carbocycles. The molecule has 0 atom stereocenters. The summed E-state index contributed by atoms with van der Waals surface area (Å²) in [6, 6.07) is 20.9. The molecule has 8 heteroatoms. The molecule has 2 aromatic carbocycles. The standard InChI is InChI=1S/C27H25ClN6O/c28-23-7-3-21(4-8-23)25-11-13-30-27(32-25)31-24-9-5-22(6-10-24)26(35)34-16-14-33(15-17-34)19-20-2-1-12-29-18-20/h1-13,18H,14-17,19H2,(H,30,31,32). The number of hydrogen-bond acceptors (Lipinski definition) is 6. The van der Waals surface area contributed by atoms with Crippen LogP contribution in [0.2, 0.25) is 5.02 Å². The van der Waals surface area contributed by atoms with Gasteiger partial charge >= 0.3 is 0 Å². The minimum absolute atomic E-state index is 0.0542. The third-order valence-electron chi connectivity index (χ3n) is 5.97. The normalized spacial score (nSPS) is 14.0. The second kappa shape index (κ2) is 10.6. The lowest BCUT2D eigenvalue weighted by atomic mass is 10.1. The number of nitrogens with one attached hydrogen (secondary N) is 1. The van der Waals surface area contributed by atoms with Crippen molar-refractivity contribution in [3.8, 4) is 11.3 Å². The van der Waals surface area contributed by atoms with Crippen LogP contribution in [0.4, 0.5) is 11.6 Å². The van der Waals surface area contributed by atoms with Crippen LogP contribution in [0.15, 0.2) is 85.3 Å². The van der Waals surface area contributed by atoms with Gasteiger partial charge in [-0.2, -0.15) is 0 Å². The van der Waals surface area contributed by atoms with Crippen LogP contribution in [-0.2, 0) is 6.54 Å². The van der Waals surface area contributed by atoms with Gasteiger partial charge in [-0.1, -0.05) is 29.8 Å². The second-order valence-corrected chi connectivity index (χ2v) is 8.84. The van der Waals surface area contributed by atoms with Gasteiger partial charge in [0.2, 0.25) is 5.95 Å². The number of amides is 1. The highest BCUT2D eigenvalue weighted by molar-refractivity contribution is 6.30. The fraction of sp³-hybridized carbons (Fsp3) is 0.185. The molecule has 7 nitrogen and oxygen atoms in total. The van der Waals surface area contributed by atoms with Crippen molar-refractivity contribution in [2.24, 2.45) is 0 Å². The maximum atomic E-state index is 13.0. The summed E-state index contributed by atoms with van der Waals surface area (Å²) in [4.78, 5) is 30.4. The summed E-state index contributed by atoms with van der Waals surface area (Å²) in [6.07, 6.45) is 5.39. The van der Waals surface area contributed by atoms with Crippen LogP contribution in [0.3, 0.4) is 0 Å². The number of halogens is 1. The third kappa shape index (κ3) is 5.82. The molecule has 35 heavy (non-hydrogen) atoms. The molecule has 0 spiro atoms. The van der Waals surface area contributed by atoms with Crippen molar-refractivity contribution in [2.75, 3.05) is 31.5 Å². The number of aromatic nitrogens is 3. The summed E-state index contributed by atoms with van der Waals surface area (Å²) >= 11 is 5.98. The number of pyridine rings is 1. The lowest BCUT2D eigenvalue weighted by molar-refractivity contribution is 0.0628. The molecule has 3 heterocycles. The summed E-state index contributed by atoms with van der Waals surface area (Å²) < 4.78 is 0. The number of carbonyl (C=O) groups is 1. The maximum absolute atomic E-state index is 13.0. The van der Waals surface area contributed by atoms with Crippen LogP contribution in [0.1, 0.15) is 15.9 Å². The monoisotopic (exact) mass is 484 g/mol. The van der Waals surface area contributed by atoms with E-state index in [1.54, 1.807) is 12.4 Å². The number of nitrogens with zero attached hydrogens (tertiary/aromatic N) is 5. The zero-order chi connectivity index (χ0) is 24.0. The fourth-order valence-electron chi connectivity index (χ4n) is 4.07. The average molecular weight is 485 g/mol. The SMILES string of the molecule is O=C(c1ccc(Nc2nccc(-c3ccc(Cl)cc3)n2)cc1)N1CCN(Cc2cccnc2)CC1.